The molecule has 21 nitrogen and oxygen atoms in total. The van der Waals surface area contributed by atoms with E-state index in [1.54, 1.807) is 66.0 Å². The third-order valence-corrected chi connectivity index (χ3v) is 11.3. The van der Waals surface area contributed by atoms with E-state index in [0.717, 1.165) is 11.1 Å². The Kier molecular flexibility index (Phi) is 22.5. The van der Waals surface area contributed by atoms with Gasteiger partial charge in [0.05, 0.1) is 44.2 Å². The van der Waals surface area contributed by atoms with E-state index in [0.29, 0.717) is 64.1 Å². The molecule has 0 saturated heterocycles. The molecule has 8 rings (SSSR count). The van der Waals surface area contributed by atoms with Crippen LogP contribution < -0.4 is 41.9 Å². The van der Waals surface area contributed by atoms with Crippen LogP contribution in [-0.4, -0.2) is 153 Å². The summed E-state index contributed by atoms with van der Waals surface area (Å²) in [5.41, 5.74) is -0.334. The van der Waals surface area contributed by atoms with Crippen molar-refractivity contribution in [2.24, 2.45) is 0 Å². The maximum atomic E-state index is 14.2. The Morgan fingerprint density at radius 2 is 1.00 bits per heavy atom. The van der Waals surface area contributed by atoms with Gasteiger partial charge in [0.25, 0.3) is 22.9 Å². The first-order chi connectivity index (χ1) is 35.0. The lowest BCUT2D eigenvalue weighted by molar-refractivity contribution is -0.122. The minimum atomic E-state index is -0.887. The fourth-order valence-electron chi connectivity index (χ4n) is 7.49. The first-order valence-electron chi connectivity index (χ1n) is 24.3. The summed E-state index contributed by atoms with van der Waals surface area (Å²) in [4.78, 5) is 100. The van der Waals surface area contributed by atoms with E-state index in [9.17, 15) is 33.6 Å². The highest BCUT2D eigenvalue weighted by Crippen LogP contribution is 2.20. The molecule has 4 aliphatic heterocycles. The molecule has 396 valence electrons. The maximum Gasteiger partial charge on any atom is 0.410 e. The number of pyridine rings is 2. The third-order valence-electron chi connectivity index (χ3n) is 11.3. The molecule has 6 heterocycles. The number of hydrogen-bond acceptors (Lipinski definition) is 14. The van der Waals surface area contributed by atoms with E-state index in [-0.39, 0.29) is 88.2 Å². The molecule has 2 aromatic carbocycles. The average molecular weight is 1020 g/mol. The number of carbonyl (C=O) groups is 5. The number of ether oxygens (including phenoxy) is 6. The first kappa shape index (κ1) is 56.8. The van der Waals surface area contributed by atoms with Gasteiger partial charge >= 0.3 is 6.09 Å². The number of nitrogens with one attached hydrogen (secondary N) is 4. The van der Waals surface area contributed by atoms with Crippen molar-refractivity contribution in [3.63, 3.8) is 0 Å². The Labute approximate surface area is 425 Å². The summed E-state index contributed by atoms with van der Waals surface area (Å²) in [5.74, 6) is -2.83. The molecule has 2 aromatic heterocycles. The number of rotatable bonds is 15. The summed E-state index contributed by atoms with van der Waals surface area (Å²) in [7, 11) is 1.59. The molecule has 0 saturated carbocycles. The van der Waals surface area contributed by atoms with Crippen LogP contribution in [0.4, 0.5) is 4.79 Å². The van der Waals surface area contributed by atoms with Gasteiger partial charge in [-0.25, -0.2) is 4.79 Å². The summed E-state index contributed by atoms with van der Waals surface area (Å²) in [6.07, 6.45) is -0.722. The van der Waals surface area contributed by atoms with Crippen molar-refractivity contribution in [1.82, 2.24) is 40.2 Å². The molecule has 4 bridgehead atoms. The highest BCUT2D eigenvalue weighted by molar-refractivity contribution is 5.97. The lowest BCUT2D eigenvalue weighted by Crippen LogP contribution is -2.45. The van der Waals surface area contributed by atoms with Crippen LogP contribution in [0.3, 0.4) is 0 Å². The molecule has 0 atom stereocenters. The predicted octanol–water partition coefficient (Wildman–Crippen LogP) is 2.41. The van der Waals surface area contributed by atoms with Gasteiger partial charge in [0.15, 0.2) is 11.5 Å². The van der Waals surface area contributed by atoms with Gasteiger partial charge < -0.3 is 63.7 Å². The molecule has 0 radical (unpaired) electrons. The van der Waals surface area contributed by atoms with Crippen LogP contribution >= 0.6 is 0 Å². The number of nitrogens with zero attached hydrogens (tertiary/aromatic N) is 4. The molecule has 4 aliphatic rings. The predicted molar refractivity (Wildman–Crippen MR) is 271 cm³/mol. The average Bonchev–Trinajstić information content (AvgIpc) is 3.35. The van der Waals surface area contributed by atoms with E-state index in [1.165, 1.54) is 26.2 Å². The van der Waals surface area contributed by atoms with Crippen molar-refractivity contribution >= 4 is 29.7 Å². The van der Waals surface area contributed by atoms with Crippen molar-refractivity contribution < 1.29 is 52.4 Å². The number of hydrogen-bond donors (Lipinski definition) is 4. The van der Waals surface area contributed by atoms with Gasteiger partial charge in [-0.3, -0.25) is 33.7 Å². The van der Waals surface area contributed by atoms with Crippen LogP contribution in [0.15, 0.2) is 82.4 Å². The minimum absolute atomic E-state index is 0.0517. The maximum absolute atomic E-state index is 14.2. The molecule has 5 amide bonds. The summed E-state index contributed by atoms with van der Waals surface area (Å²) >= 11 is 0. The zero-order chi connectivity index (χ0) is 52.8. The van der Waals surface area contributed by atoms with Crippen LogP contribution in [0.25, 0.3) is 0 Å². The third kappa shape index (κ3) is 18.5. The monoisotopic (exact) mass is 1010 g/mol. The fraction of sp³-hybridized carbons (Fsp3) is 0.481. The summed E-state index contributed by atoms with van der Waals surface area (Å²) in [6, 6.07) is 21.1. The highest BCUT2D eigenvalue weighted by Gasteiger charge is 2.26. The molecule has 0 fully saturated rings. The van der Waals surface area contributed by atoms with Crippen molar-refractivity contribution in [2.75, 3.05) is 99.0 Å². The number of amides is 5. The van der Waals surface area contributed by atoms with Crippen molar-refractivity contribution in [2.45, 2.75) is 66.5 Å². The zero-order valence-electron chi connectivity index (χ0n) is 42.8. The number of carbonyl (C=O) groups excluding carboxylic acids is 5. The second kappa shape index (κ2) is 28.8. The molecule has 4 aromatic rings. The Balaban J connectivity index is 1.45. The Morgan fingerprint density at radius 3 is 1.44 bits per heavy atom. The highest BCUT2D eigenvalue weighted by atomic mass is 16.6. The second-order valence-corrected chi connectivity index (χ2v) is 18.1. The SMILES string of the molecule is COCCOCCOCCN1CCNC(=O)Cn2c(C)cc(c(OCc3ccccc3)c2=O)C(=O)NCCN(C(=O)OC(C)(C)C)CCNC(=O)c2cc(C)n(c(=O)c2OCc2ccccc2)CC(=O)NCC1. The van der Waals surface area contributed by atoms with Crippen molar-refractivity contribution in [1.29, 1.82) is 0 Å². The van der Waals surface area contributed by atoms with Gasteiger partial charge in [-0.15, -0.1) is 0 Å². The van der Waals surface area contributed by atoms with Gasteiger partial charge in [0, 0.05) is 77.4 Å². The number of aromatic nitrogens is 2. The van der Waals surface area contributed by atoms with Crippen LogP contribution in [0, 0.1) is 13.8 Å². The molecule has 73 heavy (non-hydrogen) atoms. The van der Waals surface area contributed by atoms with Crippen LogP contribution in [-0.2, 0) is 54.8 Å². The molecule has 0 aliphatic carbocycles. The van der Waals surface area contributed by atoms with Gasteiger partial charge in [-0.2, -0.15) is 0 Å². The normalized spacial score (nSPS) is 15.1. The van der Waals surface area contributed by atoms with Gasteiger partial charge in [0.2, 0.25) is 11.8 Å². The largest absolute Gasteiger partial charge is 0.482 e. The first-order valence-corrected chi connectivity index (χ1v) is 24.3. The van der Waals surface area contributed by atoms with Crippen LogP contribution in [0.5, 0.6) is 11.5 Å². The second-order valence-electron chi connectivity index (χ2n) is 18.1. The minimum Gasteiger partial charge on any atom is -0.482 e. The van der Waals surface area contributed by atoms with Crippen LogP contribution in [0.1, 0.15) is 64.0 Å². The summed E-state index contributed by atoms with van der Waals surface area (Å²) < 4.78 is 36.5. The van der Waals surface area contributed by atoms with Crippen molar-refractivity contribution in [3.05, 3.63) is 127 Å². The number of methoxy groups -OCH3 is 1. The quantitative estimate of drug-likeness (QED) is 0.125. The molecular formula is C52H70N8O13. The standard InChI is InChI=1S/C52H70N8O13/c1-37-31-41-45(71-35-39-13-9-7-10-14-39)49(65)59(37)33-43(61)53-17-21-57(25-26-69-29-30-70-28-27-68-6)22-18-54-44(62)34-60-38(2)32-42(46(50(60)66)72-36-40-15-11-8-12-16-40)48(64)56-20-24-58(23-19-55-47(41)63)51(67)73-52(3,4)5/h7-16,31-32H,17-30,33-36H2,1-6H3,(H,53,61)(H,54,62)(H,55,63)(H,56,64). The van der Waals surface area contributed by atoms with E-state index < -0.39 is 46.4 Å². The van der Waals surface area contributed by atoms with E-state index in [2.05, 4.69) is 21.3 Å². The van der Waals surface area contributed by atoms with Gasteiger partial charge in [0.1, 0.15) is 31.9 Å². The topological polar surface area (TPSA) is 239 Å². The van der Waals surface area contributed by atoms with Crippen LogP contribution in [0.2, 0.25) is 0 Å². The van der Waals surface area contributed by atoms with E-state index >= 15 is 0 Å². The van der Waals surface area contributed by atoms with Crippen molar-refractivity contribution in [3.8, 4) is 11.5 Å². The molecule has 0 spiro atoms. The molecular weight excluding hydrogens is 945 g/mol. The Morgan fingerprint density at radius 1 is 0.575 bits per heavy atom. The number of benzene rings is 2. The van der Waals surface area contributed by atoms with E-state index in [4.69, 9.17) is 28.4 Å². The molecule has 4 N–H and O–H groups in total. The zero-order valence-corrected chi connectivity index (χ0v) is 42.8. The van der Waals surface area contributed by atoms with Gasteiger partial charge in [-0.05, 0) is 57.9 Å². The summed E-state index contributed by atoms with van der Waals surface area (Å²) in [6.45, 7) is 10.4. The fourth-order valence-corrected chi connectivity index (χ4v) is 7.49. The van der Waals surface area contributed by atoms with E-state index in [1.807, 2.05) is 41.3 Å². The lowest BCUT2D eigenvalue weighted by atomic mass is 10.1. The van der Waals surface area contributed by atoms with Gasteiger partial charge in [-0.1, -0.05) is 60.7 Å². The summed E-state index contributed by atoms with van der Waals surface area (Å²) in [5, 5.41) is 11.3. The Bertz CT molecular complexity index is 2430. The Hall–Kier alpha value is -7.07. The lowest BCUT2D eigenvalue weighted by Gasteiger charge is -2.27. The molecule has 21 heteroatoms. The number of aryl methyl sites for hydroxylation is 2. The molecule has 0 unspecified atom stereocenters. The smallest absolute Gasteiger partial charge is 0.410 e.